The largest absolute Gasteiger partial charge is 0.340 e. The minimum absolute atomic E-state index is 0.0154. The molecule has 3 aromatic rings. The van der Waals surface area contributed by atoms with Crippen molar-refractivity contribution < 1.29 is 9.59 Å². The number of likely N-dealkylation sites (tertiary alicyclic amines) is 2. The molecule has 0 saturated carbocycles. The van der Waals surface area contributed by atoms with E-state index < -0.39 is 0 Å². The summed E-state index contributed by atoms with van der Waals surface area (Å²) in [6.45, 7) is 9.51. The maximum absolute atomic E-state index is 13.7. The Labute approximate surface area is 359 Å². The summed E-state index contributed by atoms with van der Waals surface area (Å²) < 4.78 is 0. The van der Waals surface area contributed by atoms with Gasteiger partial charge < -0.3 is 20.4 Å². The summed E-state index contributed by atoms with van der Waals surface area (Å²) in [5.41, 5.74) is 2.67. The van der Waals surface area contributed by atoms with E-state index in [2.05, 4.69) is 63.8 Å². The first-order chi connectivity index (χ1) is 27.4. The number of nitrogens with one attached hydrogen (secondary N) is 2. The lowest BCUT2D eigenvalue weighted by Crippen LogP contribution is -2.53. The van der Waals surface area contributed by atoms with Crippen LogP contribution >= 0.6 is 46.4 Å². The fourth-order valence-corrected chi connectivity index (χ4v) is 9.15. The zero-order chi connectivity index (χ0) is 40.5. The monoisotopic (exact) mass is 852 g/mol. The molecule has 8 nitrogen and oxygen atoms in total. The summed E-state index contributed by atoms with van der Waals surface area (Å²) in [5, 5.41) is 9.50. The summed E-state index contributed by atoms with van der Waals surface area (Å²) in [6, 6.07) is 21.9. The minimum Gasteiger partial charge on any atom is -0.340 e. The van der Waals surface area contributed by atoms with Gasteiger partial charge in [-0.3, -0.25) is 19.4 Å². The van der Waals surface area contributed by atoms with Gasteiger partial charge in [0.2, 0.25) is 11.8 Å². The number of carbonyl (C=O) groups is 2. The molecule has 1 unspecified atom stereocenters. The van der Waals surface area contributed by atoms with Crippen LogP contribution in [0.1, 0.15) is 48.9 Å². The van der Waals surface area contributed by atoms with E-state index in [0.29, 0.717) is 32.2 Å². The van der Waals surface area contributed by atoms with E-state index in [-0.39, 0.29) is 42.2 Å². The third kappa shape index (κ3) is 11.9. The van der Waals surface area contributed by atoms with Crippen LogP contribution in [0.4, 0.5) is 0 Å². The predicted octanol–water partition coefficient (Wildman–Crippen LogP) is 7.96. The van der Waals surface area contributed by atoms with Crippen molar-refractivity contribution in [3.05, 3.63) is 128 Å². The first-order valence-corrected chi connectivity index (χ1v) is 21.6. The van der Waals surface area contributed by atoms with Gasteiger partial charge in [-0.25, -0.2) is 0 Å². The average Bonchev–Trinajstić information content (AvgIpc) is 3.86. The predicted molar refractivity (Wildman–Crippen MR) is 236 cm³/mol. The Bertz CT molecular complexity index is 1890. The molecule has 2 fully saturated rings. The van der Waals surface area contributed by atoms with E-state index in [4.69, 9.17) is 46.4 Å². The van der Waals surface area contributed by atoms with Crippen molar-refractivity contribution in [2.24, 2.45) is 5.41 Å². The molecule has 3 aromatic carbocycles. The van der Waals surface area contributed by atoms with E-state index in [1.807, 2.05) is 54.2 Å². The number of halogens is 4. The summed E-state index contributed by atoms with van der Waals surface area (Å²) >= 11 is 24.8. The molecule has 0 bridgehead atoms. The van der Waals surface area contributed by atoms with Crippen LogP contribution in [-0.4, -0.2) is 116 Å². The van der Waals surface area contributed by atoms with Crippen molar-refractivity contribution in [2.75, 3.05) is 66.5 Å². The van der Waals surface area contributed by atoms with Crippen LogP contribution in [0, 0.1) is 5.41 Å². The number of carbonyl (C=O) groups excluding carboxylic acids is 2. The van der Waals surface area contributed by atoms with Gasteiger partial charge in [0, 0.05) is 70.9 Å². The van der Waals surface area contributed by atoms with Crippen LogP contribution in [0.15, 0.2) is 91.0 Å². The van der Waals surface area contributed by atoms with E-state index in [0.717, 1.165) is 88.3 Å². The van der Waals surface area contributed by atoms with Gasteiger partial charge in [0.05, 0.1) is 45.0 Å². The Balaban J connectivity index is 0.961. The Morgan fingerprint density at radius 3 is 1.81 bits per heavy atom. The topological polar surface area (TPSA) is 71.2 Å². The van der Waals surface area contributed by atoms with E-state index in [9.17, 15) is 9.59 Å². The van der Waals surface area contributed by atoms with Crippen molar-refractivity contribution in [2.45, 2.75) is 63.2 Å². The average molecular weight is 855 g/mol. The normalized spacial score (nSPS) is 22.2. The molecule has 57 heavy (non-hydrogen) atoms. The highest BCUT2D eigenvalue weighted by atomic mass is 35.5. The van der Waals surface area contributed by atoms with Crippen LogP contribution in [0.5, 0.6) is 0 Å². The van der Waals surface area contributed by atoms with Crippen LogP contribution in [0.25, 0.3) is 0 Å². The Morgan fingerprint density at radius 2 is 1.28 bits per heavy atom. The highest BCUT2D eigenvalue weighted by molar-refractivity contribution is 6.42. The van der Waals surface area contributed by atoms with E-state index in [1.165, 1.54) is 0 Å². The molecule has 0 aromatic heterocycles. The highest BCUT2D eigenvalue weighted by Crippen LogP contribution is 2.36. The van der Waals surface area contributed by atoms with Gasteiger partial charge in [-0.2, -0.15) is 0 Å². The summed E-state index contributed by atoms with van der Waals surface area (Å²) in [7, 11) is 3.85. The van der Waals surface area contributed by atoms with Gasteiger partial charge in [-0.15, -0.1) is 0 Å². The van der Waals surface area contributed by atoms with Crippen LogP contribution < -0.4 is 10.6 Å². The first kappa shape index (κ1) is 43.7. The minimum atomic E-state index is -0.167. The van der Waals surface area contributed by atoms with Crippen molar-refractivity contribution in [1.82, 2.24) is 30.2 Å². The van der Waals surface area contributed by atoms with Gasteiger partial charge in [0.25, 0.3) is 0 Å². The Hall–Kier alpha value is -2.92. The first-order valence-electron chi connectivity index (χ1n) is 20.1. The van der Waals surface area contributed by atoms with Crippen LogP contribution in [0.2, 0.25) is 20.1 Å². The summed E-state index contributed by atoms with van der Waals surface area (Å²) in [4.78, 5) is 36.0. The van der Waals surface area contributed by atoms with Crippen molar-refractivity contribution in [3.63, 3.8) is 0 Å². The number of hydrogen-bond donors (Lipinski definition) is 2. The van der Waals surface area contributed by atoms with Gasteiger partial charge in [-0.1, -0.05) is 120 Å². The fraction of sp³-hybridized carbons (Fsp3) is 0.467. The third-order valence-electron chi connectivity index (χ3n) is 12.0. The molecule has 2 aliphatic heterocycles. The molecule has 0 radical (unpaired) electrons. The Kier molecular flexibility index (Phi) is 15.6. The van der Waals surface area contributed by atoms with Crippen LogP contribution in [-0.2, 0) is 22.4 Å². The van der Waals surface area contributed by atoms with Gasteiger partial charge in [-0.05, 0) is 73.3 Å². The van der Waals surface area contributed by atoms with Crippen molar-refractivity contribution >= 4 is 58.2 Å². The second-order valence-electron chi connectivity index (χ2n) is 16.2. The van der Waals surface area contributed by atoms with E-state index >= 15 is 0 Å². The second kappa shape index (κ2) is 20.4. The molecule has 306 valence electrons. The summed E-state index contributed by atoms with van der Waals surface area (Å²) in [5.74, 6) is 0.116. The number of rotatable bonds is 17. The summed E-state index contributed by atoms with van der Waals surface area (Å²) in [6.07, 6.45) is 12.3. The maximum Gasteiger partial charge on any atom is 0.227 e. The molecule has 6 rings (SSSR count). The molecule has 1 aliphatic carbocycles. The molecule has 2 N–H and O–H groups in total. The molecular formula is C45H56Cl4N6O2. The number of amides is 2. The van der Waals surface area contributed by atoms with Gasteiger partial charge >= 0.3 is 0 Å². The molecule has 2 saturated heterocycles. The molecule has 12 heteroatoms. The standard InChI is InChI=1S/C45H56Cl4N6O2/c1-45(18-8-5-9-19-45)42(53(3)44(57)27-33-13-15-38(47)40(49)25-33)31-55-23-17-36(29-55)51-21-20-50-35-16-22-54(28-35)30-41(34-10-6-4-7-11-34)52(2)43(56)26-32-12-14-37(46)39(48)24-32/h4-15,18,24-25,35-36,41-42,50-51H,16-17,19-23,26-31H2,1-3H3/t35-,36-,41+,42+,45?/m0/s1. The quantitative estimate of drug-likeness (QED) is 0.135. The number of benzene rings is 3. The fourth-order valence-electron chi connectivity index (χ4n) is 8.51. The zero-order valence-electron chi connectivity index (χ0n) is 33.3. The van der Waals surface area contributed by atoms with Gasteiger partial charge in [0.1, 0.15) is 0 Å². The number of hydrogen-bond acceptors (Lipinski definition) is 6. The SMILES string of the molecule is CN(C(=O)Cc1ccc(Cl)c(Cl)c1)[C@H](CN1CC[C@H](NCCN[C@H]2CCN(C[C@@H](N(C)C(=O)Cc3ccc(Cl)c(Cl)c3)C3(C)C=CC=CC3)C2)C1)c1ccccc1. The van der Waals surface area contributed by atoms with Crippen molar-refractivity contribution in [3.8, 4) is 0 Å². The smallest absolute Gasteiger partial charge is 0.227 e. The molecule has 5 atom stereocenters. The Morgan fingerprint density at radius 1 is 0.737 bits per heavy atom. The lowest BCUT2D eigenvalue weighted by atomic mass is 9.76. The van der Waals surface area contributed by atoms with Gasteiger partial charge in [0.15, 0.2) is 0 Å². The van der Waals surface area contributed by atoms with Crippen LogP contribution in [0.3, 0.4) is 0 Å². The van der Waals surface area contributed by atoms with E-state index in [1.54, 1.807) is 24.3 Å². The maximum atomic E-state index is 13.7. The molecule has 0 spiro atoms. The molecule has 3 aliphatic rings. The molecular weight excluding hydrogens is 798 g/mol. The lowest BCUT2D eigenvalue weighted by Gasteiger charge is -2.43. The highest BCUT2D eigenvalue weighted by Gasteiger charge is 2.39. The zero-order valence-corrected chi connectivity index (χ0v) is 36.3. The lowest BCUT2D eigenvalue weighted by molar-refractivity contribution is -0.134. The number of likely N-dealkylation sites (N-methyl/N-ethyl adjacent to an activating group) is 2. The molecule has 2 amide bonds. The second-order valence-corrected chi connectivity index (χ2v) is 17.8. The number of allylic oxidation sites excluding steroid dienone is 3. The van der Waals surface area contributed by atoms with Crippen molar-refractivity contribution in [1.29, 1.82) is 0 Å². The third-order valence-corrected chi connectivity index (χ3v) is 13.5. The molecule has 2 heterocycles. The number of nitrogens with zero attached hydrogens (tertiary/aromatic N) is 4.